The summed E-state index contributed by atoms with van der Waals surface area (Å²) >= 11 is 0. The molecule has 1 aromatic carbocycles. The van der Waals surface area contributed by atoms with Crippen molar-refractivity contribution in [3.05, 3.63) is 59.6 Å². The molecule has 1 unspecified atom stereocenters. The fourth-order valence-electron chi connectivity index (χ4n) is 4.01. The summed E-state index contributed by atoms with van der Waals surface area (Å²) in [5.41, 5.74) is 1.46. The Balaban J connectivity index is 2.07. The molecule has 0 bridgehead atoms. The lowest BCUT2D eigenvalue weighted by molar-refractivity contribution is -0.139. The summed E-state index contributed by atoms with van der Waals surface area (Å²) in [5, 5.41) is 2.85. The summed E-state index contributed by atoms with van der Waals surface area (Å²) in [6, 6.07) is 4.84. The highest BCUT2D eigenvalue weighted by Gasteiger charge is 2.38. The minimum atomic E-state index is -0.771. The number of hydrogen-bond acceptors (Lipinski definition) is 4. The number of piperidine rings is 1. The maximum Gasteiger partial charge on any atom is 0.338 e. The van der Waals surface area contributed by atoms with Crippen LogP contribution >= 0.6 is 0 Å². The molecule has 7 heteroatoms. The molecule has 162 valence electrons. The number of carbonyl (C=O) groups is 2. The van der Waals surface area contributed by atoms with E-state index < -0.39 is 17.8 Å². The molecule has 30 heavy (non-hydrogen) atoms. The molecule has 1 saturated heterocycles. The Kier molecular flexibility index (Phi) is 7.26. The van der Waals surface area contributed by atoms with Gasteiger partial charge in [-0.05, 0) is 56.5 Å². The van der Waals surface area contributed by atoms with E-state index in [0.29, 0.717) is 29.3 Å². The number of rotatable bonds is 7. The van der Waals surface area contributed by atoms with Gasteiger partial charge in [0.25, 0.3) is 0 Å². The number of carbonyl (C=O) groups excluding carboxylic acids is 2. The van der Waals surface area contributed by atoms with Crippen molar-refractivity contribution in [2.75, 3.05) is 32.8 Å². The summed E-state index contributed by atoms with van der Waals surface area (Å²) in [6.45, 7) is 10.5. The molecule has 0 radical (unpaired) electrons. The Labute approximate surface area is 177 Å². The van der Waals surface area contributed by atoms with E-state index in [0.717, 1.165) is 25.9 Å². The van der Waals surface area contributed by atoms with Gasteiger partial charge >= 0.3 is 12.0 Å². The third kappa shape index (κ3) is 4.90. The Morgan fingerprint density at radius 3 is 2.73 bits per heavy atom. The standard InChI is InChI=1S/C23H30FN3O3/c1-4-11-27-19(15-26-12-9-16(3)10-13-26)20(22(28)30-5-2)21(25-23(27)29)17-7-6-8-18(24)14-17/h4,6-8,14,16,21H,1,5,9-13,15H2,2-3H3,(H,25,29). The first-order valence-corrected chi connectivity index (χ1v) is 10.5. The maximum absolute atomic E-state index is 13.9. The van der Waals surface area contributed by atoms with Gasteiger partial charge in [0.15, 0.2) is 0 Å². The van der Waals surface area contributed by atoms with Crippen molar-refractivity contribution in [2.24, 2.45) is 5.92 Å². The average molecular weight is 416 g/mol. The van der Waals surface area contributed by atoms with Gasteiger partial charge in [-0.3, -0.25) is 9.80 Å². The van der Waals surface area contributed by atoms with Crippen LogP contribution < -0.4 is 5.32 Å². The minimum absolute atomic E-state index is 0.210. The number of amides is 2. The van der Waals surface area contributed by atoms with Crippen LogP contribution in [-0.4, -0.2) is 54.6 Å². The number of likely N-dealkylation sites (tertiary alicyclic amines) is 1. The molecule has 0 aromatic heterocycles. The number of ether oxygens (including phenoxy) is 1. The van der Waals surface area contributed by atoms with Gasteiger partial charge in [0.2, 0.25) is 0 Å². The van der Waals surface area contributed by atoms with E-state index >= 15 is 0 Å². The second-order valence-electron chi connectivity index (χ2n) is 7.88. The molecule has 3 rings (SSSR count). The SMILES string of the molecule is C=CCN1C(=O)NC(c2cccc(F)c2)C(C(=O)OCC)=C1CN1CCC(C)CC1. The van der Waals surface area contributed by atoms with E-state index in [4.69, 9.17) is 4.74 Å². The van der Waals surface area contributed by atoms with E-state index in [1.54, 1.807) is 25.1 Å². The highest BCUT2D eigenvalue weighted by Crippen LogP contribution is 2.33. The van der Waals surface area contributed by atoms with Crippen LogP contribution in [0.3, 0.4) is 0 Å². The van der Waals surface area contributed by atoms with E-state index in [1.807, 2.05) is 0 Å². The summed E-state index contributed by atoms with van der Waals surface area (Å²) in [4.78, 5) is 29.8. The lowest BCUT2D eigenvalue weighted by Gasteiger charge is -2.39. The molecule has 1 N–H and O–H groups in total. The van der Waals surface area contributed by atoms with Gasteiger partial charge in [-0.25, -0.2) is 14.0 Å². The van der Waals surface area contributed by atoms with Gasteiger partial charge in [-0.2, -0.15) is 0 Å². The zero-order valence-electron chi connectivity index (χ0n) is 17.7. The zero-order valence-corrected chi connectivity index (χ0v) is 17.7. The van der Waals surface area contributed by atoms with Gasteiger partial charge in [0, 0.05) is 18.8 Å². The summed E-state index contributed by atoms with van der Waals surface area (Å²) < 4.78 is 19.3. The van der Waals surface area contributed by atoms with Crippen LogP contribution in [0.25, 0.3) is 0 Å². The smallest absolute Gasteiger partial charge is 0.338 e. The van der Waals surface area contributed by atoms with Crippen molar-refractivity contribution >= 4 is 12.0 Å². The summed E-state index contributed by atoms with van der Waals surface area (Å²) in [6.07, 6.45) is 3.77. The highest BCUT2D eigenvalue weighted by atomic mass is 19.1. The van der Waals surface area contributed by atoms with E-state index in [1.165, 1.54) is 17.0 Å². The van der Waals surface area contributed by atoms with Crippen molar-refractivity contribution < 1.29 is 18.7 Å². The van der Waals surface area contributed by atoms with Crippen molar-refractivity contribution in [2.45, 2.75) is 32.7 Å². The predicted octanol–water partition coefficient (Wildman–Crippen LogP) is 3.63. The van der Waals surface area contributed by atoms with Crippen molar-refractivity contribution in [1.82, 2.24) is 15.1 Å². The van der Waals surface area contributed by atoms with E-state index in [9.17, 15) is 14.0 Å². The molecule has 2 amide bonds. The molecule has 2 aliphatic rings. The molecular formula is C23H30FN3O3. The van der Waals surface area contributed by atoms with Crippen LogP contribution in [0.5, 0.6) is 0 Å². The monoisotopic (exact) mass is 415 g/mol. The summed E-state index contributed by atoms with van der Waals surface area (Å²) in [7, 11) is 0. The fourth-order valence-corrected chi connectivity index (χ4v) is 4.01. The molecule has 2 heterocycles. The highest BCUT2D eigenvalue weighted by molar-refractivity contribution is 5.95. The maximum atomic E-state index is 13.9. The lowest BCUT2D eigenvalue weighted by atomic mass is 9.93. The molecule has 0 aliphatic carbocycles. The van der Waals surface area contributed by atoms with Gasteiger partial charge in [-0.1, -0.05) is 25.1 Å². The number of benzene rings is 1. The van der Waals surface area contributed by atoms with Crippen molar-refractivity contribution in [3.63, 3.8) is 0 Å². The number of halogens is 1. The second kappa shape index (κ2) is 9.89. The first kappa shape index (κ1) is 22.0. The molecule has 1 atom stereocenters. The first-order valence-electron chi connectivity index (χ1n) is 10.5. The van der Waals surface area contributed by atoms with Crippen LogP contribution in [0, 0.1) is 11.7 Å². The number of hydrogen-bond donors (Lipinski definition) is 1. The zero-order chi connectivity index (χ0) is 21.7. The molecule has 2 aliphatic heterocycles. The molecule has 0 spiro atoms. The summed E-state index contributed by atoms with van der Waals surface area (Å²) in [5.74, 6) is -0.259. The minimum Gasteiger partial charge on any atom is -0.463 e. The van der Waals surface area contributed by atoms with Crippen LogP contribution in [0.1, 0.15) is 38.3 Å². The largest absolute Gasteiger partial charge is 0.463 e. The third-order valence-electron chi connectivity index (χ3n) is 5.68. The van der Waals surface area contributed by atoms with Gasteiger partial charge in [-0.15, -0.1) is 6.58 Å². The fraction of sp³-hybridized carbons (Fsp3) is 0.478. The van der Waals surface area contributed by atoms with Crippen LogP contribution in [0.2, 0.25) is 0 Å². The van der Waals surface area contributed by atoms with Crippen LogP contribution in [0.15, 0.2) is 48.2 Å². The van der Waals surface area contributed by atoms with Gasteiger partial charge < -0.3 is 10.1 Å². The van der Waals surface area contributed by atoms with E-state index in [-0.39, 0.29) is 19.2 Å². The van der Waals surface area contributed by atoms with Gasteiger partial charge in [0.05, 0.1) is 18.2 Å². The Hall–Kier alpha value is -2.67. The molecule has 6 nitrogen and oxygen atoms in total. The number of nitrogens with zero attached hydrogens (tertiary/aromatic N) is 2. The molecule has 1 fully saturated rings. The van der Waals surface area contributed by atoms with Crippen LogP contribution in [0.4, 0.5) is 9.18 Å². The average Bonchev–Trinajstić information content (AvgIpc) is 2.72. The van der Waals surface area contributed by atoms with Crippen molar-refractivity contribution in [1.29, 1.82) is 0 Å². The van der Waals surface area contributed by atoms with Crippen LogP contribution in [-0.2, 0) is 9.53 Å². The van der Waals surface area contributed by atoms with E-state index in [2.05, 4.69) is 23.7 Å². The molecule has 1 aromatic rings. The Bertz CT molecular complexity index is 831. The van der Waals surface area contributed by atoms with Gasteiger partial charge in [0.1, 0.15) is 5.82 Å². The first-order chi connectivity index (χ1) is 14.4. The van der Waals surface area contributed by atoms with Crippen molar-refractivity contribution in [3.8, 4) is 0 Å². The predicted molar refractivity (Wildman–Crippen MR) is 113 cm³/mol. The number of urea groups is 1. The third-order valence-corrected chi connectivity index (χ3v) is 5.68. The topological polar surface area (TPSA) is 61.9 Å². The lowest BCUT2D eigenvalue weighted by Crippen LogP contribution is -2.51. The Morgan fingerprint density at radius 1 is 1.37 bits per heavy atom. The normalized spacial score (nSPS) is 20.8. The Morgan fingerprint density at radius 2 is 2.10 bits per heavy atom. The number of nitrogens with one attached hydrogen (secondary N) is 1. The quantitative estimate of drug-likeness (QED) is 0.546. The molecular weight excluding hydrogens is 385 g/mol. The number of esters is 1. The molecule has 0 saturated carbocycles. The second-order valence-corrected chi connectivity index (χ2v) is 7.88.